The van der Waals surface area contributed by atoms with Crippen LogP contribution in [0, 0.1) is 0 Å². The zero-order valence-electron chi connectivity index (χ0n) is 11.8. The van der Waals surface area contributed by atoms with E-state index < -0.39 is 6.10 Å². The molecule has 3 rings (SSSR count). The molecule has 7 nitrogen and oxygen atoms in total. The molecule has 2 N–H and O–H groups in total. The van der Waals surface area contributed by atoms with Crippen molar-refractivity contribution >= 4 is 17.5 Å². The summed E-state index contributed by atoms with van der Waals surface area (Å²) in [5, 5.41) is 24.0. The van der Waals surface area contributed by atoms with Crippen LogP contribution in [-0.4, -0.2) is 43.4 Å². The van der Waals surface area contributed by atoms with Crippen molar-refractivity contribution in [2.45, 2.75) is 37.8 Å². The van der Waals surface area contributed by atoms with Crippen molar-refractivity contribution < 1.29 is 9.90 Å². The highest BCUT2D eigenvalue weighted by Gasteiger charge is 2.25. The first-order valence-corrected chi connectivity index (χ1v) is 7.55. The molecule has 8 heteroatoms. The van der Waals surface area contributed by atoms with Crippen LogP contribution in [0.25, 0.3) is 5.69 Å². The highest BCUT2D eigenvalue weighted by molar-refractivity contribution is 6.34. The second-order valence-corrected chi connectivity index (χ2v) is 5.76. The number of hydrogen-bond donors (Lipinski definition) is 2. The van der Waals surface area contributed by atoms with E-state index in [4.69, 9.17) is 11.6 Å². The summed E-state index contributed by atoms with van der Waals surface area (Å²) in [5.74, 6) is -0.279. The Morgan fingerprint density at radius 2 is 2.18 bits per heavy atom. The van der Waals surface area contributed by atoms with E-state index in [1.54, 1.807) is 18.2 Å². The number of nitrogens with one attached hydrogen (secondary N) is 1. The van der Waals surface area contributed by atoms with Crippen LogP contribution in [0.2, 0.25) is 5.02 Å². The number of amides is 1. The van der Waals surface area contributed by atoms with Crippen molar-refractivity contribution in [1.29, 1.82) is 0 Å². The summed E-state index contributed by atoms with van der Waals surface area (Å²) in [5.41, 5.74) is 1.04. The molecule has 1 aliphatic rings. The molecule has 1 heterocycles. The SMILES string of the molecule is O=C(NC1CCCCC1O)c1ccc(-n2cnnn2)cc1Cl. The maximum atomic E-state index is 12.3. The first-order valence-electron chi connectivity index (χ1n) is 7.17. The second kappa shape index (κ2) is 6.41. The number of nitrogens with zero attached hydrogens (tertiary/aromatic N) is 4. The molecule has 0 saturated heterocycles. The van der Waals surface area contributed by atoms with Crippen LogP contribution in [-0.2, 0) is 0 Å². The maximum Gasteiger partial charge on any atom is 0.253 e. The Kier molecular flexibility index (Phi) is 4.35. The number of carbonyl (C=O) groups is 1. The smallest absolute Gasteiger partial charge is 0.253 e. The molecule has 1 aromatic heterocycles. The molecule has 0 bridgehead atoms. The number of hydrogen-bond acceptors (Lipinski definition) is 5. The minimum Gasteiger partial charge on any atom is -0.391 e. The number of aliphatic hydroxyl groups excluding tert-OH is 1. The van der Waals surface area contributed by atoms with E-state index in [1.807, 2.05) is 0 Å². The van der Waals surface area contributed by atoms with Crippen molar-refractivity contribution in [3.05, 3.63) is 35.1 Å². The maximum absolute atomic E-state index is 12.3. The summed E-state index contributed by atoms with van der Waals surface area (Å²) >= 11 is 6.19. The lowest BCUT2D eigenvalue weighted by molar-refractivity contribution is 0.0717. The van der Waals surface area contributed by atoms with Gasteiger partial charge in [0.15, 0.2) is 0 Å². The van der Waals surface area contributed by atoms with E-state index in [0.717, 1.165) is 25.7 Å². The molecule has 1 aliphatic carbocycles. The molecule has 0 radical (unpaired) electrons. The molecule has 1 saturated carbocycles. The van der Waals surface area contributed by atoms with Crippen LogP contribution >= 0.6 is 11.6 Å². The first kappa shape index (κ1) is 14.9. The summed E-state index contributed by atoms with van der Waals surface area (Å²) < 4.78 is 1.46. The molecule has 0 spiro atoms. The largest absolute Gasteiger partial charge is 0.391 e. The number of aliphatic hydroxyl groups is 1. The van der Waals surface area contributed by atoms with Gasteiger partial charge in [-0.3, -0.25) is 4.79 Å². The number of benzene rings is 1. The Hall–Kier alpha value is -1.99. The van der Waals surface area contributed by atoms with Gasteiger partial charge in [-0.1, -0.05) is 24.4 Å². The Balaban J connectivity index is 1.75. The minimum atomic E-state index is -0.489. The Bertz CT molecular complexity index is 661. The molecule has 22 heavy (non-hydrogen) atoms. The van der Waals surface area contributed by atoms with Gasteiger partial charge in [-0.25, -0.2) is 4.68 Å². The van der Waals surface area contributed by atoms with E-state index in [2.05, 4.69) is 20.8 Å². The normalized spacial score (nSPS) is 21.5. The molecule has 1 amide bonds. The van der Waals surface area contributed by atoms with E-state index >= 15 is 0 Å². The van der Waals surface area contributed by atoms with Gasteiger partial charge < -0.3 is 10.4 Å². The number of tetrazole rings is 1. The second-order valence-electron chi connectivity index (χ2n) is 5.35. The van der Waals surface area contributed by atoms with Gasteiger partial charge in [-0.15, -0.1) is 5.10 Å². The van der Waals surface area contributed by atoms with Crippen LogP contribution in [0.3, 0.4) is 0 Å². The molecular formula is C14H16ClN5O2. The van der Waals surface area contributed by atoms with E-state index in [1.165, 1.54) is 11.0 Å². The van der Waals surface area contributed by atoms with Crippen LogP contribution in [0.15, 0.2) is 24.5 Å². The Morgan fingerprint density at radius 3 is 2.86 bits per heavy atom. The fourth-order valence-corrected chi connectivity index (χ4v) is 2.90. The van der Waals surface area contributed by atoms with Gasteiger partial charge >= 0.3 is 0 Å². The molecule has 0 aliphatic heterocycles. The third kappa shape index (κ3) is 3.10. The topological polar surface area (TPSA) is 92.9 Å². The van der Waals surface area contributed by atoms with Crippen LogP contribution in [0.4, 0.5) is 0 Å². The van der Waals surface area contributed by atoms with Gasteiger partial charge in [0.25, 0.3) is 5.91 Å². The highest BCUT2D eigenvalue weighted by Crippen LogP contribution is 2.22. The highest BCUT2D eigenvalue weighted by atomic mass is 35.5. The Labute approximate surface area is 132 Å². The van der Waals surface area contributed by atoms with Gasteiger partial charge in [-0.2, -0.15) is 0 Å². The quantitative estimate of drug-likeness (QED) is 0.890. The number of rotatable bonds is 3. The van der Waals surface area contributed by atoms with Crippen molar-refractivity contribution in [3.8, 4) is 5.69 Å². The summed E-state index contributed by atoms with van der Waals surface area (Å²) in [4.78, 5) is 12.3. The standard InChI is InChI=1S/C14H16ClN5O2/c15-11-7-9(20-8-16-18-19-20)5-6-10(11)14(22)17-12-3-1-2-4-13(12)21/h5-8,12-13,21H,1-4H2,(H,17,22). The summed E-state index contributed by atoms with van der Waals surface area (Å²) in [7, 11) is 0. The average molecular weight is 322 g/mol. The van der Waals surface area contributed by atoms with Gasteiger partial charge in [0, 0.05) is 0 Å². The monoisotopic (exact) mass is 321 g/mol. The molecule has 2 atom stereocenters. The molecule has 1 aromatic carbocycles. The molecule has 2 aromatic rings. The summed E-state index contributed by atoms with van der Waals surface area (Å²) in [6, 6.07) is 4.76. The lowest BCUT2D eigenvalue weighted by Gasteiger charge is -2.28. The van der Waals surface area contributed by atoms with Crippen LogP contribution in [0.1, 0.15) is 36.0 Å². The third-order valence-corrected chi connectivity index (χ3v) is 4.17. The van der Waals surface area contributed by atoms with Gasteiger partial charge in [0.2, 0.25) is 0 Å². The average Bonchev–Trinajstić information content (AvgIpc) is 3.03. The molecular weight excluding hydrogens is 306 g/mol. The van der Waals surface area contributed by atoms with Gasteiger partial charge in [-0.05, 0) is 41.5 Å². The fourth-order valence-electron chi connectivity index (χ4n) is 2.64. The van der Waals surface area contributed by atoms with Crippen LogP contribution < -0.4 is 5.32 Å². The first-order chi connectivity index (χ1) is 10.6. The lowest BCUT2D eigenvalue weighted by atomic mass is 9.92. The van der Waals surface area contributed by atoms with Crippen molar-refractivity contribution in [2.24, 2.45) is 0 Å². The molecule has 116 valence electrons. The summed E-state index contributed by atoms with van der Waals surface area (Å²) in [6.45, 7) is 0. The Morgan fingerprint density at radius 1 is 1.36 bits per heavy atom. The molecule has 2 unspecified atom stereocenters. The number of halogens is 1. The number of aromatic nitrogens is 4. The van der Waals surface area contributed by atoms with E-state index in [0.29, 0.717) is 16.3 Å². The lowest BCUT2D eigenvalue weighted by Crippen LogP contribution is -2.45. The zero-order chi connectivity index (χ0) is 15.5. The van der Waals surface area contributed by atoms with Gasteiger partial charge in [0.1, 0.15) is 6.33 Å². The van der Waals surface area contributed by atoms with Crippen molar-refractivity contribution in [3.63, 3.8) is 0 Å². The minimum absolute atomic E-state index is 0.212. The number of carbonyl (C=O) groups excluding carboxylic acids is 1. The van der Waals surface area contributed by atoms with Crippen LogP contribution in [0.5, 0.6) is 0 Å². The van der Waals surface area contributed by atoms with Gasteiger partial charge in [0.05, 0.1) is 28.4 Å². The van der Waals surface area contributed by atoms with Crippen molar-refractivity contribution in [2.75, 3.05) is 0 Å². The van der Waals surface area contributed by atoms with Crippen molar-refractivity contribution in [1.82, 2.24) is 25.5 Å². The van der Waals surface area contributed by atoms with E-state index in [9.17, 15) is 9.90 Å². The molecule has 1 fully saturated rings. The van der Waals surface area contributed by atoms with E-state index in [-0.39, 0.29) is 11.9 Å². The predicted molar refractivity (Wildman–Crippen MR) is 79.9 cm³/mol. The fraction of sp³-hybridized carbons (Fsp3) is 0.429. The zero-order valence-corrected chi connectivity index (χ0v) is 12.6. The third-order valence-electron chi connectivity index (χ3n) is 3.86. The summed E-state index contributed by atoms with van der Waals surface area (Å²) in [6.07, 6.45) is 4.47. The predicted octanol–water partition coefficient (Wildman–Crippen LogP) is 1.35.